The molecule has 0 bridgehead atoms. The van der Waals surface area contributed by atoms with E-state index in [9.17, 15) is 8.42 Å². The van der Waals surface area contributed by atoms with Crippen LogP contribution in [0.15, 0.2) is 30.3 Å². The largest absolute Gasteiger partial charge is 0.395 e. The van der Waals surface area contributed by atoms with E-state index < -0.39 is 16.1 Å². The Morgan fingerprint density at radius 1 is 1.31 bits per heavy atom. The molecule has 0 unspecified atom stereocenters. The van der Waals surface area contributed by atoms with Gasteiger partial charge in [-0.05, 0) is 12.0 Å². The molecule has 6 heteroatoms. The highest BCUT2D eigenvalue weighted by molar-refractivity contribution is 9.10. The van der Waals surface area contributed by atoms with E-state index in [2.05, 4.69) is 20.7 Å². The minimum Gasteiger partial charge on any atom is -0.395 e. The lowest BCUT2D eigenvalue weighted by Crippen LogP contribution is -2.39. The molecule has 16 heavy (non-hydrogen) atoms. The Labute approximate surface area is 104 Å². The predicted octanol–water partition coefficient (Wildman–Crippen LogP) is 0.862. The van der Waals surface area contributed by atoms with Crippen LogP contribution in [0.3, 0.4) is 0 Å². The Bertz CT molecular complexity index is 407. The van der Waals surface area contributed by atoms with Gasteiger partial charge >= 0.3 is 0 Å². The molecule has 1 rings (SSSR count). The second-order valence-corrected chi connectivity index (χ2v) is 6.47. The highest BCUT2D eigenvalue weighted by Gasteiger charge is 2.16. The Hall–Kier alpha value is -0.430. The average molecular weight is 308 g/mol. The molecule has 0 aromatic heterocycles. The number of halogens is 1. The van der Waals surface area contributed by atoms with Crippen molar-refractivity contribution in [1.82, 2.24) is 4.72 Å². The first kappa shape index (κ1) is 13.6. The van der Waals surface area contributed by atoms with Gasteiger partial charge in [-0.15, -0.1) is 0 Å². The van der Waals surface area contributed by atoms with Crippen LogP contribution in [0.25, 0.3) is 0 Å². The zero-order chi connectivity index (χ0) is 12.0. The number of benzene rings is 1. The zero-order valence-electron chi connectivity index (χ0n) is 8.64. The third kappa shape index (κ3) is 4.61. The van der Waals surface area contributed by atoms with Crippen molar-refractivity contribution in [1.29, 1.82) is 0 Å². The lowest BCUT2D eigenvalue weighted by molar-refractivity contribution is 0.256. The molecule has 1 aromatic rings. The van der Waals surface area contributed by atoms with Crippen LogP contribution in [0.2, 0.25) is 0 Å². The predicted molar refractivity (Wildman–Crippen MR) is 66.9 cm³/mol. The van der Waals surface area contributed by atoms with Crippen LogP contribution in [-0.2, 0) is 16.4 Å². The highest BCUT2D eigenvalue weighted by Crippen LogP contribution is 2.04. The average Bonchev–Trinajstić information content (AvgIpc) is 2.29. The fraction of sp³-hybridized carbons (Fsp3) is 0.400. The van der Waals surface area contributed by atoms with Crippen LogP contribution >= 0.6 is 15.9 Å². The van der Waals surface area contributed by atoms with Crippen LogP contribution < -0.4 is 4.72 Å². The second-order valence-electron chi connectivity index (χ2n) is 3.41. The summed E-state index contributed by atoms with van der Waals surface area (Å²) in [5.74, 6) is 0. The van der Waals surface area contributed by atoms with Gasteiger partial charge in [0.15, 0.2) is 0 Å². The van der Waals surface area contributed by atoms with E-state index in [1.807, 2.05) is 30.3 Å². The maximum absolute atomic E-state index is 11.3. The van der Waals surface area contributed by atoms with E-state index in [1.165, 1.54) is 0 Å². The van der Waals surface area contributed by atoms with Crippen LogP contribution in [0.5, 0.6) is 0 Å². The van der Waals surface area contributed by atoms with Gasteiger partial charge in [0.1, 0.15) is 4.66 Å². The standard InChI is InChI=1S/C10H14BrNO3S/c11-8-16(14,15)12-10(7-13)6-9-4-2-1-3-5-9/h1-5,10,12-13H,6-8H2/t10-/m0/s1. The summed E-state index contributed by atoms with van der Waals surface area (Å²) < 4.78 is 24.8. The molecule has 0 fully saturated rings. The molecule has 0 aliphatic heterocycles. The van der Waals surface area contributed by atoms with E-state index in [1.54, 1.807) is 0 Å². The number of aliphatic hydroxyl groups is 1. The topological polar surface area (TPSA) is 66.4 Å². The van der Waals surface area contributed by atoms with Gasteiger partial charge in [0, 0.05) is 6.04 Å². The van der Waals surface area contributed by atoms with Gasteiger partial charge in [0.25, 0.3) is 0 Å². The maximum Gasteiger partial charge on any atom is 0.221 e. The number of alkyl halides is 1. The Morgan fingerprint density at radius 2 is 1.94 bits per heavy atom. The Morgan fingerprint density at radius 3 is 2.44 bits per heavy atom. The highest BCUT2D eigenvalue weighted by atomic mass is 79.9. The summed E-state index contributed by atoms with van der Waals surface area (Å²) in [5, 5.41) is 9.10. The first-order valence-corrected chi connectivity index (χ1v) is 7.55. The molecule has 0 spiro atoms. The van der Waals surface area contributed by atoms with Crippen molar-refractivity contribution in [2.24, 2.45) is 0 Å². The minimum absolute atomic E-state index is 0.161. The van der Waals surface area contributed by atoms with Gasteiger partial charge in [0.05, 0.1) is 6.61 Å². The molecule has 0 saturated heterocycles. The minimum atomic E-state index is -3.34. The van der Waals surface area contributed by atoms with Crippen LogP contribution in [0.1, 0.15) is 5.56 Å². The van der Waals surface area contributed by atoms with Crippen LogP contribution in [-0.4, -0.2) is 30.8 Å². The quantitative estimate of drug-likeness (QED) is 0.766. The molecule has 4 nitrogen and oxygen atoms in total. The van der Waals surface area contributed by atoms with Gasteiger partial charge in [-0.2, -0.15) is 0 Å². The maximum atomic E-state index is 11.3. The van der Waals surface area contributed by atoms with E-state index in [-0.39, 0.29) is 11.3 Å². The van der Waals surface area contributed by atoms with Gasteiger partial charge < -0.3 is 5.11 Å². The molecule has 1 aromatic carbocycles. The van der Waals surface area contributed by atoms with Crippen molar-refractivity contribution in [2.45, 2.75) is 12.5 Å². The second kappa shape index (κ2) is 6.34. The van der Waals surface area contributed by atoms with Crippen LogP contribution in [0.4, 0.5) is 0 Å². The Kier molecular flexibility index (Phi) is 5.40. The lowest BCUT2D eigenvalue weighted by atomic mass is 10.1. The molecule has 0 amide bonds. The van der Waals surface area contributed by atoms with E-state index in [4.69, 9.17) is 5.11 Å². The van der Waals surface area contributed by atoms with Gasteiger partial charge in [-0.1, -0.05) is 46.3 Å². The van der Waals surface area contributed by atoms with Crippen LogP contribution in [0, 0.1) is 0 Å². The van der Waals surface area contributed by atoms with Gasteiger partial charge in [-0.3, -0.25) is 0 Å². The number of rotatable bonds is 6. The number of hydrogen-bond donors (Lipinski definition) is 2. The van der Waals surface area contributed by atoms with E-state index >= 15 is 0 Å². The first-order chi connectivity index (χ1) is 7.57. The molecule has 2 N–H and O–H groups in total. The van der Waals surface area contributed by atoms with Crippen molar-refractivity contribution in [3.05, 3.63) is 35.9 Å². The molecule has 90 valence electrons. The Balaban J connectivity index is 2.63. The lowest BCUT2D eigenvalue weighted by Gasteiger charge is -2.15. The molecule has 0 heterocycles. The fourth-order valence-corrected chi connectivity index (χ4v) is 2.45. The number of nitrogens with one attached hydrogen (secondary N) is 1. The summed E-state index contributed by atoms with van der Waals surface area (Å²) in [4.78, 5) is 0. The van der Waals surface area contributed by atoms with Gasteiger partial charge in [0.2, 0.25) is 10.0 Å². The number of sulfonamides is 1. The summed E-state index contributed by atoms with van der Waals surface area (Å²) in [5.41, 5.74) is 0.985. The summed E-state index contributed by atoms with van der Waals surface area (Å²) in [7, 11) is -3.34. The summed E-state index contributed by atoms with van der Waals surface area (Å²) >= 11 is 2.88. The third-order valence-corrected chi connectivity index (χ3v) is 4.82. The molecular weight excluding hydrogens is 294 g/mol. The monoisotopic (exact) mass is 307 g/mol. The number of hydrogen-bond acceptors (Lipinski definition) is 3. The molecule has 1 atom stereocenters. The van der Waals surface area contributed by atoms with Crippen molar-refractivity contribution >= 4 is 26.0 Å². The SMILES string of the molecule is O=S(=O)(CBr)N[C@H](CO)Cc1ccccc1. The van der Waals surface area contributed by atoms with Gasteiger partial charge in [-0.25, -0.2) is 13.1 Å². The van der Waals surface area contributed by atoms with Crippen molar-refractivity contribution < 1.29 is 13.5 Å². The smallest absolute Gasteiger partial charge is 0.221 e. The summed E-state index contributed by atoms with van der Waals surface area (Å²) in [6.07, 6.45) is 0.476. The normalized spacial score (nSPS) is 13.6. The molecular formula is C10H14BrNO3S. The van der Waals surface area contributed by atoms with E-state index in [0.717, 1.165) is 5.56 Å². The molecule has 0 aliphatic rings. The summed E-state index contributed by atoms with van der Waals surface area (Å²) in [6, 6.07) is 8.95. The number of aliphatic hydroxyl groups excluding tert-OH is 1. The summed E-state index contributed by atoms with van der Waals surface area (Å²) in [6.45, 7) is -0.221. The van der Waals surface area contributed by atoms with Crippen molar-refractivity contribution in [2.75, 3.05) is 11.3 Å². The molecule has 0 saturated carbocycles. The van der Waals surface area contributed by atoms with Crippen molar-refractivity contribution in [3.8, 4) is 0 Å². The first-order valence-electron chi connectivity index (χ1n) is 4.78. The van der Waals surface area contributed by atoms with Crippen molar-refractivity contribution in [3.63, 3.8) is 0 Å². The zero-order valence-corrected chi connectivity index (χ0v) is 11.0. The molecule has 0 aliphatic carbocycles. The third-order valence-electron chi connectivity index (χ3n) is 2.04. The fourth-order valence-electron chi connectivity index (χ4n) is 1.33. The molecule has 0 radical (unpaired) electrons. The van der Waals surface area contributed by atoms with E-state index in [0.29, 0.717) is 6.42 Å².